The quantitative estimate of drug-likeness (QED) is 0.278. The molecule has 0 aromatic rings. The fraction of sp³-hybridized carbons (Fsp3) is 0.786. The molecule has 0 spiro atoms. The number of rotatable bonds is 9. The van der Waals surface area contributed by atoms with Gasteiger partial charge in [0, 0.05) is 11.0 Å². The summed E-state index contributed by atoms with van der Waals surface area (Å²) in [6.07, 6.45) is 0.473. The Morgan fingerprint density at radius 3 is 2.58 bits per heavy atom. The van der Waals surface area contributed by atoms with Crippen LogP contribution >= 0.6 is 0 Å². The average molecular weight is 272 g/mol. The molecule has 1 fully saturated rings. The topological polar surface area (TPSA) is 54.0 Å². The van der Waals surface area contributed by atoms with Gasteiger partial charge in [0.25, 0.3) is 0 Å². The van der Waals surface area contributed by atoms with Crippen molar-refractivity contribution in [3.8, 4) is 0 Å². The molecule has 1 aliphatic heterocycles. The summed E-state index contributed by atoms with van der Waals surface area (Å²) in [6, 6.07) is 0. The van der Waals surface area contributed by atoms with Gasteiger partial charge in [-0.3, -0.25) is 0 Å². The molecule has 1 heterocycles. The van der Waals surface area contributed by atoms with E-state index in [0.717, 1.165) is 19.6 Å². The van der Waals surface area contributed by atoms with Crippen molar-refractivity contribution < 1.29 is 23.7 Å². The van der Waals surface area contributed by atoms with Gasteiger partial charge in [0.05, 0.1) is 33.0 Å². The zero-order chi connectivity index (χ0) is 14.3. The first kappa shape index (κ1) is 16.1. The van der Waals surface area contributed by atoms with Crippen molar-refractivity contribution in [2.75, 3.05) is 33.0 Å². The minimum absolute atomic E-state index is 0.192. The van der Waals surface area contributed by atoms with Crippen LogP contribution in [-0.2, 0) is 23.7 Å². The molecular formula is C14H24O5. The molecule has 1 saturated heterocycles. The molecule has 19 heavy (non-hydrogen) atoms. The Hall–Kier alpha value is -0.910. The predicted octanol–water partition coefficient (Wildman–Crippen LogP) is 1.91. The maximum Gasteiger partial charge on any atom is 0.335 e. The van der Waals surface area contributed by atoms with Crippen LogP contribution < -0.4 is 0 Å². The minimum Gasteiger partial charge on any atom is -0.433 e. The smallest absolute Gasteiger partial charge is 0.335 e. The van der Waals surface area contributed by atoms with E-state index in [0.29, 0.717) is 25.4 Å². The van der Waals surface area contributed by atoms with Gasteiger partial charge in [0.15, 0.2) is 0 Å². The Kier molecular flexibility index (Phi) is 6.48. The number of ether oxygens (including phenoxy) is 4. The minimum atomic E-state index is -0.583. The van der Waals surface area contributed by atoms with Gasteiger partial charge in [-0.05, 0) is 20.3 Å². The lowest BCUT2D eigenvalue weighted by Crippen LogP contribution is -2.45. The van der Waals surface area contributed by atoms with E-state index in [2.05, 4.69) is 13.5 Å². The normalized spacial score (nSPS) is 18.5. The monoisotopic (exact) mass is 272 g/mol. The van der Waals surface area contributed by atoms with Crippen LogP contribution in [0.2, 0.25) is 0 Å². The Labute approximate surface area is 114 Å². The second-order valence-electron chi connectivity index (χ2n) is 5.02. The molecule has 0 bridgehead atoms. The van der Waals surface area contributed by atoms with Crippen LogP contribution in [0.4, 0.5) is 0 Å². The molecule has 110 valence electrons. The first-order chi connectivity index (χ1) is 8.99. The first-order valence-corrected chi connectivity index (χ1v) is 6.63. The lowest BCUT2D eigenvalue weighted by atomic mass is 9.84. The largest absolute Gasteiger partial charge is 0.433 e. The molecule has 0 N–H and O–H groups in total. The fourth-order valence-corrected chi connectivity index (χ4v) is 1.63. The molecule has 0 amide bonds. The van der Waals surface area contributed by atoms with Gasteiger partial charge in [0.2, 0.25) is 6.29 Å². The SMILES string of the molecule is C=C(C)C(=O)OC(C)OCCOCC1(CC)COC1. The van der Waals surface area contributed by atoms with E-state index in [1.54, 1.807) is 13.8 Å². The molecule has 1 rings (SSSR count). The Balaban J connectivity index is 2.04. The van der Waals surface area contributed by atoms with Crippen molar-refractivity contribution in [3.05, 3.63) is 12.2 Å². The van der Waals surface area contributed by atoms with Gasteiger partial charge < -0.3 is 18.9 Å². The second kappa shape index (κ2) is 7.62. The molecule has 1 unspecified atom stereocenters. The van der Waals surface area contributed by atoms with E-state index in [-0.39, 0.29) is 5.41 Å². The lowest BCUT2D eigenvalue weighted by Gasteiger charge is -2.40. The standard InChI is InChI=1S/C14H24O5/c1-5-14(9-17-10-14)8-16-6-7-18-12(4)19-13(15)11(2)3/h12H,2,5-10H2,1,3-4H3. The molecule has 0 radical (unpaired) electrons. The maximum absolute atomic E-state index is 11.2. The van der Waals surface area contributed by atoms with Crippen LogP contribution in [0.1, 0.15) is 27.2 Å². The molecule has 0 aliphatic carbocycles. The summed E-state index contributed by atoms with van der Waals surface area (Å²) >= 11 is 0. The molecule has 5 nitrogen and oxygen atoms in total. The average Bonchev–Trinajstić information content (AvgIpc) is 2.31. The summed E-state index contributed by atoms with van der Waals surface area (Å²) < 4.78 is 21.1. The molecule has 0 aromatic carbocycles. The highest BCUT2D eigenvalue weighted by Gasteiger charge is 2.36. The van der Waals surface area contributed by atoms with Gasteiger partial charge in [-0.25, -0.2) is 4.79 Å². The summed E-state index contributed by atoms with van der Waals surface area (Å²) in [6.45, 7) is 12.0. The van der Waals surface area contributed by atoms with Gasteiger partial charge in [-0.15, -0.1) is 0 Å². The number of esters is 1. The number of hydrogen-bond donors (Lipinski definition) is 0. The predicted molar refractivity (Wildman–Crippen MR) is 70.7 cm³/mol. The Bertz CT molecular complexity index is 303. The molecule has 0 saturated carbocycles. The van der Waals surface area contributed by atoms with Crippen molar-refractivity contribution in [3.63, 3.8) is 0 Å². The Morgan fingerprint density at radius 1 is 1.42 bits per heavy atom. The Morgan fingerprint density at radius 2 is 2.11 bits per heavy atom. The van der Waals surface area contributed by atoms with E-state index in [4.69, 9.17) is 18.9 Å². The van der Waals surface area contributed by atoms with Crippen LogP contribution in [0.25, 0.3) is 0 Å². The van der Waals surface area contributed by atoms with Gasteiger partial charge in [0.1, 0.15) is 0 Å². The molecular weight excluding hydrogens is 248 g/mol. The second-order valence-corrected chi connectivity index (χ2v) is 5.02. The van der Waals surface area contributed by atoms with Gasteiger partial charge >= 0.3 is 5.97 Å². The zero-order valence-corrected chi connectivity index (χ0v) is 12.1. The van der Waals surface area contributed by atoms with E-state index in [1.807, 2.05) is 0 Å². The van der Waals surface area contributed by atoms with E-state index < -0.39 is 12.3 Å². The highest BCUT2D eigenvalue weighted by atomic mass is 16.7. The highest BCUT2D eigenvalue weighted by Crippen LogP contribution is 2.31. The van der Waals surface area contributed by atoms with E-state index in [9.17, 15) is 4.79 Å². The lowest BCUT2D eigenvalue weighted by molar-refractivity contribution is -0.178. The van der Waals surface area contributed by atoms with Crippen LogP contribution in [0, 0.1) is 5.41 Å². The highest BCUT2D eigenvalue weighted by molar-refractivity contribution is 5.86. The first-order valence-electron chi connectivity index (χ1n) is 6.63. The maximum atomic E-state index is 11.2. The summed E-state index contributed by atoms with van der Waals surface area (Å²) in [5.41, 5.74) is 0.555. The van der Waals surface area contributed by atoms with Gasteiger partial charge in [-0.2, -0.15) is 0 Å². The molecule has 0 aromatic heterocycles. The number of carbonyl (C=O) groups is 1. The van der Waals surface area contributed by atoms with Crippen LogP contribution in [0.15, 0.2) is 12.2 Å². The van der Waals surface area contributed by atoms with Crippen LogP contribution in [0.5, 0.6) is 0 Å². The summed E-state index contributed by atoms with van der Waals surface area (Å²) in [5.74, 6) is -0.440. The van der Waals surface area contributed by atoms with Crippen molar-refractivity contribution in [2.45, 2.75) is 33.5 Å². The molecule has 1 atom stereocenters. The van der Waals surface area contributed by atoms with Crippen LogP contribution in [-0.4, -0.2) is 45.3 Å². The van der Waals surface area contributed by atoms with Crippen molar-refractivity contribution in [2.24, 2.45) is 5.41 Å². The summed E-state index contributed by atoms with van der Waals surface area (Å²) in [7, 11) is 0. The van der Waals surface area contributed by atoms with Crippen molar-refractivity contribution in [1.29, 1.82) is 0 Å². The number of carbonyl (C=O) groups excluding carboxylic acids is 1. The van der Waals surface area contributed by atoms with Crippen LogP contribution in [0.3, 0.4) is 0 Å². The third-order valence-electron chi connectivity index (χ3n) is 3.18. The van der Waals surface area contributed by atoms with Crippen molar-refractivity contribution in [1.82, 2.24) is 0 Å². The zero-order valence-electron chi connectivity index (χ0n) is 12.1. The fourth-order valence-electron chi connectivity index (χ4n) is 1.63. The third-order valence-corrected chi connectivity index (χ3v) is 3.18. The summed E-state index contributed by atoms with van der Waals surface area (Å²) in [4.78, 5) is 11.2. The summed E-state index contributed by atoms with van der Waals surface area (Å²) in [5, 5.41) is 0. The molecule has 1 aliphatic rings. The van der Waals surface area contributed by atoms with E-state index in [1.165, 1.54) is 0 Å². The number of hydrogen-bond acceptors (Lipinski definition) is 5. The van der Waals surface area contributed by atoms with Gasteiger partial charge in [-0.1, -0.05) is 13.5 Å². The third kappa shape index (κ3) is 5.30. The molecule has 5 heteroatoms. The van der Waals surface area contributed by atoms with Crippen molar-refractivity contribution >= 4 is 5.97 Å². The van der Waals surface area contributed by atoms with E-state index >= 15 is 0 Å².